The molecule has 0 heterocycles. The van der Waals surface area contributed by atoms with E-state index in [-0.39, 0.29) is 5.91 Å². The molecule has 0 saturated heterocycles. The lowest BCUT2D eigenvalue weighted by molar-refractivity contribution is 0.0913. The Morgan fingerprint density at radius 3 is 2.24 bits per heavy atom. The highest BCUT2D eigenvalue weighted by atomic mass is 35.5. The van der Waals surface area contributed by atoms with Crippen molar-refractivity contribution in [3.8, 4) is 0 Å². The van der Waals surface area contributed by atoms with E-state index < -0.39 is 5.54 Å². The molecule has 2 aromatic rings. The molecule has 0 bridgehead atoms. The molecule has 0 aliphatic rings. The van der Waals surface area contributed by atoms with E-state index in [9.17, 15) is 4.79 Å². The van der Waals surface area contributed by atoms with Crippen molar-refractivity contribution in [1.29, 1.82) is 0 Å². The molecule has 2 rings (SSSR count). The number of hydrogen-bond acceptors (Lipinski definition) is 1. The minimum Gasteiger partial charge on any atom is -0.342 e. The standard InChI is InChI=1S/C18H20ClNO/c1-3-14-9-11-15(12-10-14)17(21)20-18(2,13-19)16-7-5-4-6-8-16/h4-12H,3,13H2,1-2H3,(H,20,21). The number of carbonyl (C=O) groups excluding carboxylic acids is 1. The van der Waals surface area contributed by atoms with Crippen molar-refractivity contribution in [2.24, 2.45) is 0 Å². The van der Waals surface area contributed by atoms with E-state index in [1.54, 1.807) is 0 Å². The van der Waals surface area contributed by atoms with E-state index in [4.69, 9.17) is 11.6 Å². The molecule has 1 atom stereocenters. The first kappa shape index (κ1) is 15.6. The van der Waals surface area contributed by atoms with Crippen LogP contribution in [0.15, 0.2) is 54.6 Å². The highest BCUT2D eigenvalue weighted by Gasteiger charge is 2.27. The van der Waals surface area contributed by atoms with Gasteiger partial charge in [0.1, 0.15) is 0 Å². The molecule has 0 spiro atoms. The zero-order chi connectivity index (χ0) is 15.3. The summed E-state index contributed by atoms with van der Waals surface area (Å²) < 4.78 is 0. The van der Waals surface area contributed by atoms with Gasteiger partial charge in [-0.25, -0.2) is 0 Å². The highest BCUT2D eigenvalue weighted by molar-refractivity contribution is 6.19. The van der Waals surface area contributed by atoms with E-state index in [0.29, 0.717) is 11.4 Å². The Bertz CT molecular complexity index is 594. The fourth-order valence-corrected chi connectivity index (χ4v) is 2.42. The Balaban J connectivity index is 2.19. The number of hydrogen-bond donors (Lipinski definition) is 1. The second-order valence-electron chi connectivity index (χ2n) is 5.34. The summed E-state index contributed by atoms with van der Waals surface area (Å²) in [5, 5.41) is 3.04. The van der Waals surface area contributed by atoms with E-state index in [1.807, 2.05) is 61.5 Å². The van der Waals surface area contributed by atoms with Gasteiger partial charge in [-0.3, -0.25) is 4.79 Å². The predicted molar refractivity (Wildman–Crippen MR) is 87.8 cm³/mol. The van der Waals surface area contributed by atoms with Crippen LogP contribution in [0.3, 0.4) is 0 Å². The van der Waals surface area contributed by atoms with E-state index in [0.717, 1.165) is 12.0 Å². The fourth-order valence-electron chi connectivity index (χ4n) is 2.20. The van der Waals surface area contributed by atoms with Gasteiger partial charge in [-0.05, 0) is 36.6 Å². The molecule has 1 unspecified atom stereocenters. The summed E-state index contributed by atoms with van der Waals surface area (Å²) in [6.07, 6.45) is 0.964. The third-order valence-corrected chi connectivity index (χ3v) is 4.23. The molecule has 0 fully saturated rings. The minimum atomic E-state index is -0.580. The Hall–Kier alpha value is -1.80. The Morgan fingerprint density at radius 2 is 1.71 bits per heavy atom. The molecule has 1 N–H and O–H groups in total. The first-order valence-electron chi connectivity index (χ1n) is 7.12. The molecular weight excluding hydrogens is 282 g/mol. The smallest absolute Gasteiger partial charge is 0.252 e. The van der Waals surface area contributed by atoms with Crippen LogP contribution in [0, 0.1) is 0 Å². The fraction of sp³-hybridized carbons (Fsp3) is 0.278. The van der Waals surface area contributed by atoms with Crippen LogP contribution in [-0.4, -0.2) is 11.8 Å². The maximum absolute atomic E-state index is 12.4. The van der Waals surface area contributed by atoms with E-state index in [2.05, 4.69) is 12.2 Å². The Kier molecular flexibility index (Phi) is 5.03. The molecule has 0 saturated carbocycles. The van der Waals surface area contributed by atoms with Gasteiger partial charge in [0.15, 0.2) is 0 Å². The summed E-state index contributed by atoms with van der Waals surface area (Å²) in [5.41, 5.74) is 2.29. The molecule has 1 amide bonds. The molecular formula is C18H20ClNO. The van der Waals surface area contributed by atoms with Crippen LogP contribution in [0.2, 0.25) is 0 Å². The van der Waals surface area contributed by atoms with Crippen molar-refractivity contribution in [2.75, 3.05) is 5.88 Å². The van der Waals surface area contributed by atoms with Crippen LogP contribution in [0.25, 0.3) is 0 Å². The summed E-state index contributed by atoms with van der Waals surface area (Å²) in [6.45, 7) is 4.03. The first-order chi connectivity index (χ1) is 10.1. The average molecular weight is 302 g/mol. The average Bonchev–Trinajstić information content (AvgIpc) is 2.55. The van der Waals surface area contributed by atoms with Crippen LogP contribution in [-0.2, 0) is 12.0 Å². The number of aryl methyl sites for hydroxylation is 1. The topological polar surface area (TPSA) is 29.1 Å². The van der Waals surface area contributed by atoms with Crippen LogP contribution in [0.5, 0.6) is 0 Å². The van der Waals surface area contributed by atoms with Gasteiger partial charge < -0.3 is 5.32 Å². The van der Waals surface area contributed by atoms with E-state index in [1.165, 1.54) is 5.56 Å². The molecule has 0 radical (unpaired) electrons. The second kappa shape index (κ2) is 6.77. The molecule has 0 aliphatic carbocycles. The first-order valence-corrected chi connectivity index (χ1v) is 7.65. The summed E-state index contributed by atoms with van der Waals surface area (Å²) in [4.78, 5) is 12.4. The lowest BCUT2D eigenvalue weighted by atomic mass is 9.93. The summed E-state index contributed by atoms with van der Waals surface area (Å²) >= 11 is 6.11. The Labute approximate surface area is 131 Å². The van der Waals surface area contributed by atoms with Crippen molar-refractivity contribution >= 4 is 17.5 Å². The van der Waals surface area contributed by atoms with Crippen molar-refractivity contribution in [1.82, 2.24) is 5.32 Å². The molecule has 0 aliphatic heterocycles. The molecule has 2 nitrogen and oxygen atoms in total. The number of rotatable bonds is 5. The Morgan fingerprint density at radius 1 is 1.10 bits per heavy atom. The van der Waals surface area contributed by atoms with Crippen LogP contribution in [0.1, 0.15) is 35.3 Å². The monoisotopic (exact) mass is 301 g/mol. The summed E-state index contributed by atoms with van der Waals surface area (Å²) in [7, 11) is 0. The lowest BCUT2D eigenvalue weighted by Crippen LogP contribution is -2.45. The van der Waals surface area contributed by atoms with Gasteiger partial charge in [0.2, 0.25) is 0 Å². The number of benzene rings is 2. The predicted octanol–water partition coefficient (Wildman–Crippen LogP) is 4.13. The molecule has 0 aromatic heterocycles. The van der Waals surface area contributed by atoms with Crippen LogP contribution >= 0.6 is 11.6 Å². The zero-order valence-electron chi connectivity index (χ0n) is 12.4. The van der Waals surface area contributed by atoms with Gasteiger partial charge >= 0.3 is 0 Å². The summed E-state index contributed by atoms with van der Waals surface area (Å²) in [6, 6.07) is 17.5. The van der Waals surface area contributed by atoms with Crippen LogP contribution < -0.4 is 5.32 Å². The zero-order valence-corrected chi connectivity index (χ0v) is 13.2. The van der Waals surface area contributed by atoms with Crippen molar-refractivity contribution in [3.63, 3.8) is 0 Å². The van der Waals surface area contributed by atoms with Gasteiger partial charge in [0.25, 0.3) is 5.91 Å². The van der Waals surface area contributed by atoms with Gasteiger partial charge in [0.05, 0.1) is 5.54 Å². The third kappa shape index (κ3) is 3.64. The number of carbonyl (C=O) groups is 1. The minimum absolute atomic E-state index is 0.107. The quantitative estimate of drug-likeness (QED) is 0.827. The highest BCUT2D eigenvalue weighted by Crippen LogP contribution is 2.22. The molecule has 110 valence electrons. The molecule has 2 aromatic carbocycles. The summed E-state index contributed by atoms with van der Waals surface area (Å²) in [5.74, 6) is 0.208. The van der Waals surface area contributed by atoms with Gasteiger partial charge in [-0.1, -0.05) is 49.4 Å². The van der Waals surface area contributed by atoms with Crippen molar-refractivity contribution in [2.45, 2.75) is 25.8 Å². The normalized spacial score (nSPS) is 13.5. The van der Waals surface area contributed by atoms with Gasteiger partial charge in [0, 0.05) is 11.4 Å². The van der Waals surface area contributed by atoms with Crippen LogP contribution in [0.4, 0.5) is 0 Å². The molecule has 21 heavy (non-hydrogen) atoms. The number of halogens is 1. The SMILES string of the molecule is CCc1ccc(C(=O)NC(C)(CCl)c2ccccc2)cc1. The molecule has 3 heteroatoms. The lowest BCUT2D eigenvalue weighted by Gasteiger charge is -2.29. The maximum Gasteiger partial charge on any atom is 0.252 e. The largest absolute Gasteiger partial charge is 0.342 e. The van der Waals surface area contributed by atoms with Gasteiger partial charge in [-0.2, -0.15) is 0 Å². The maximum atomic E-state index is 12.4. The number of alkyl halides is 1. The van der Waals surface area contributed by atoms with Crippen molar-refractivity contribution in [3.05, 3.63) is 71.3 Å². The second-order valence-corrected chi connectivity index (χ2v) is 5.60. The van der Waals surface area contributed by atoms with E-state index >= 15 is 0 Å². The number of nitrogens with one attached hydrogen (secondary N) is 1. The number of amides is 1. The van der Waals surface area contributed by atoms with Gasteiger partial charge in [-0.15, -0.1) is 11.6 Å². The third-order valence-electron chi connectivity index (χ3n) is 3.69. The van der Waals surface area contributed by atoms with Crippen molar-refractivity contribution < 1.29 is 4.79 Å².